The molecule has 1 fully saturated rings. The van der Waals surface area contributed by atoms with Gasteiger partial charge in [0, 0.05) is 5.41 Å². The van der Waals surface area contributed by atoms with Crippen molar-refractivity contribution in [3.05, 3.63) is 0 Å². The van der Waals surface area contributed by atoms with Crippen molar-refractivity contribution in [2.24, 2.45) is 5.41 Å². The molecule has 0 radical (unpaired) electrons. The number of rotatable bonds is 1. The third-order valence-corrected chi connectivity index (χ3v) is 3.16. The Morgan fingerprint density at radius 1 is 1.45 bits per heavy atom. The van der Waals surface area contributed by atoms with Gasteiger partial charge in [-0.3, -0.25) is 0 Å². The molecule has 11 heavy (non-hydrogen) atoms. The van der Waals surface area contributed by atoms with Gasteiger partial charge in [-0.05, 0) is 19.8 Å². The fraction of sp³-hybridized carbons (Fsp3) is 1.00. The first kappa shape index (κ1) is 9.01. The fourth-order valence-electron chi connectivity index (χ4n) is 1.83. The first-order valence-electron chi connectivity index (χ1n) is 4.43. The molecule has 0 heterocycles. The number of hydrogen-bond donors (Lipinski definition) is 2. The van der Waals surface area contributed by atoms with E-state index in [1.807, 2.05) is 6.92 Å². The van der Waals surface area contributed by atoms with Gasteiger partial charge in [0.2, 0.25) is 0 Å². The van der Waals surface area contributed by atoms with E-state index in [4.69, 9.17) is 0 Å². The fourth-order valence-corrected chi connectivity index (χ4v) is 1.83. The van der Waals surface area contributed by atoms with E-state index in [0.717, 1.165) is 25.7 Å². The second kappa shape index (κ2) is 3.11. The van der Waals surface area contributed by atoms with Crippen LogP contribution in [0.25, 0.3) is 0 Å². The second-order valence-corrected chi connectivity index (χ2v) is 3.94. The maximum Gasteiger partial charge on any atom is 0.0618 e. The van der Waals surface area contributed by atoms with Gasteiger partial charge in [-0.2, -0.15) is 0 Å². The van der Waals surface area contributed by atoms with Crippen LogP contribution in [0.5, 0.6) is 0 Å². The quantitative estimate of drug-likeness (QED) is 0.604. The lowest BCUT2D eigenvalue weighted by molar-refractivity contribution is -0.0753. The lowest BCUT2D eigenvalue weighted by Gasteiger charge is -2.40. The molecule has 66 valence electrons. The summed E-state index contributed by atoms with van der Waals surface area (Å²) in [7, 11) is 0. The Morgan fingerprint density at radius 2 is 2.09 bits per heavy atom. The van der Waals surface area contributed by atoms with Crippen molar-refractivity contribution in [1.29, 1.82) is 0 Å². The summed E-state index contributed by atoms with van der Waals surface area (Å²) in [6.07, 6.45) is 3.34. The van der Waals surface area contributed by atoms with E-state index in [2.05, 4.69) is 0 Å². The van der Waals surface area contributed by atoms with Crippen LogP contribution in [-0.2, 0) is 0 Å². The van der Waals surface area contributed by atoms with Crippen LogP contribution in [0.3, 0.4) is 0 Å². The first-order chi connectivity index (χ1) is 5.07. The van der Waals surface area contributed by atoms with Crippen LogP contribution < -0.4 is 0 Å². The summed E-state index contributed by atoms with van der Waals surface area (Å²) in [5.74, 6) is 0. The average Bonchev–Trinajstić information content (AvgIpc) is 1.95. The van der Waals surface area contributed by atoms with Crippen molar-refractivity contribution in [2.75, 3.05) is 0 Å². The molecule has 0 aromatic carbocycles. The lowest BCUT2D eigenvalue weighted by atomic mass is 9.70. The molecule has 1 unspecified atom stereocenters. The Balaban J connectivity index is 2.64. The van der Waals surface area contributed by atoms with E-state index in [-0.39, 0.29) is 11.5 Å². The molecule has 1 aliphatic carbocycles. The van der Waals surface area contributed by atoms with E-state index in [1.54, 1.807) is 6.92 Å². The normalized spacial score (nSPS) is 42.0. The van der Waals surface area contributed by atoms with Crippen LogP contribution in [0.2, 0.25) is 0 Å². The molecule has 0 spiro atoms. The van der Waals surface area contributed by atoms with E-state index in [1.165, 1.54) is 0 Å². The first-order valence-corrected chi connectivity index (χ1v) is 4.43. The van der Waals surface area contributed by atoms with Gasteiger partial charge in [0.1, 0.15) is 0 Å². The van der Waals surface area contributed by atoms with Gasteiger partial charge in [0.05, 0.1) is 12.2 Å². The molecule has 2 N–H and O–H groups in total. The topological polar surface area (TPSA) is 40.5 Å². The molecular weight excluding hydrogens is 140 g/mol. The molecule has 0 aliphatic heterocycles. The third kappa shape index (κ3) is 1.57. The summed E-state index contributed by atoms with van der Waals surface area (Å²) in [4.78, 5) is 0. The predicted octanol–water partition coefficient (Wildman–Crippen LogP) is 1.31. The van der Waals surface area contributed by atoms with Crippen LogP contribution in [0.1, 0.15) is 39.5 Å². The second-order valence-electron chi connectivity index (χ2n) is 3.94. The molecule has 0 aromatic rings. The van der Waals surface area contributed by atoms with Crippen LogP contribution in [0.15, 0.2) is 0 Å². The van der Waals surface area contributed by atoms with Crippen LogP contribution >= 0.6 is 0 Å². The largest absolute Gasteiger partial charge is 0.393 e. The molecule has 2 heteroatoms. The monoisotopic (exact) mass is 158 g/mol. The third-order valence-electron chi connectivity index (χ3n) is 3.16. The maximum atomic E-state index is 9.64. The number of aliphatic hydroxyl groups excluding tert-OH is 2. The van der Waals surface area contributed by atoms with E-state index in [0.29, 0.717) is 0 Å². The highest BCUT2D eigenvalue weighted by Crippen LogP contribution is 2.38. The Hall–Kier alpha value is -0.0800. The van der Waals surface area contributed by atoms with Gasteiger partial charge >= 0.3 is 0 Å². The zero-order valence-electron chi connectivity index (χ0n) is 7.38. The highest BCUT2D eigenvalue weighted by atomic mass is 16.3. The molecular formula is C9H18O2. The zero-order valence-corrected chi connectivity index (χ0v) is 7.38. The number of aliphatic hydroxyl groups is 2. The molecule has 0 amide bonds. The van der Waals surface area contributed by atoms with Gasteiger partial charge in [0.25, 0.3) is 0 Å². The summed E-state index contributed by atoms with van der Waals surface area (Å²) in [6, 6.07) is 0. The predicted molar refractivity (Wildman–Crippen MR) is 44.3 cm³/mol. The summed E-state index contributed by atoms with van der Waals surface area (Å²) in [6.45, 7) is 3.75. The van der Waals surface area contributed by atoms with Crippen LogP contribution in [0.4, 0.5) is 0 Å². The molecule has 1 rings (SSSR count). The zero-order chi connectivity index (χ0) is 8.48. The molecule has 1 saturated carbocycles. The van der Waals surface area contributed by atoms with Crippen LogP contribution in [0, 0.1) is 5.41 Å². The van der Waals surface area contributed by atoms with E-state index >= 15 is 0 Å². The minimum absolute atomic E-state index is 0.252. The van der Waals surface area contributed by atoms with Crippen molar-refractivity contribution in [1.82, 2.24) is 0 Å². The summed E-state index contributed by atoms with van der Waals surface area (Å²) >= 11 is 0. The van der Waals surface area contributed by atoms with Gasteiger partial charge in [-0.25, -0.2) is 0 Å². The van der Waals surface area contributed by atoms with Crippen molar-refractivity contribution in [2.45, 2.75) is 51.7 Å². The van der Waals surface area contributed by atoms with Crippen molar-refractivity contribution >= 4 is 0 Å². The average molecular weight is 158 g/mol. The highest BCUT2D eigenvalue weighted by Gasteiger charge is 2.39. The van der Waals surface area contributed by atoms with Crippen molar-refractivity contribution < 1.29 is 10.2 Å². The maximum absolute atomic E-state index is 9.64. The molecule has 1 aliphatic rings. The Kier molecular flexibility index (Phi) is 2.55. The summed E-state index contributed by atoms with van der Waals surface area (Å²) in [5, 5.41) is 19.1. The molecule has 0 bridgehead atoms. The standard InChI is InChI=1S/C9H18O2/c1-7(10)9(2)6-4-3-5-8(9)11/h7-8,10-11H,3-6H2,1-2H3/t7?,8-,9-/m1/s1. The van der Waals surface area contributed by atoms with Gasteiger partial charge < -0.3 is 10.2 Å². The lowest BCUT2D eigenvalue weighted by Crippen LogP contribution is -2.43. The SMILES string of the molecule is CC(O)[C@@]1(C)CCCC[C@H]1O. The van der Waals surface area contributed by atoms with Crippen molar-refractivity contribution in [3.63, 3.8) is 0 Å². The Labute approximate surface area is 68.2 Å². The molecule has 2 nitrogen and oxygen atoms in total. The van der Waals surface area contributed by atoms with Crippen LogP contribution in [-0.4, -0.2) is 22.4 Å². The minimum atomic E-state index is -0.391. The molecule has 3 atom stereocenters. The smallest absolute Gasteiger partial charge is 0.0618 e. The summed E-state index contributed by atoms with van der Waals surface area (Å²) in [5.41, 5.74) is -0.252. The molecule has 0 saturated heterocycles. The van der Waals surface area contributed by atoms with Crippen molar-refractivity contribution in [3.8, 4) is 0 Å². The summed E-state index contributed by atoms with van der Waals surface area (Å²) < 4.78 is 0. The molecule has 0 aromatic heterocycles. The van der Waals surface area contributed by atoms with Gasteiger partial charge in [-0.15, -0.1) is 0 Å². The van der Waals surface area contributed by atoms with Gasteiger partial charge in [0.15, 0.2) is 0 Å². The Bertz CT molecular complexity index is 134. The minimum Gasteiger partial charge on any atom is -0.393 e. The van der Waals surface area contributed by atoms with E-state index < -0.39 is 6.10 Å². The highest BCUT2D eigenvalue weighted by molar-refractivity contribution is 4.89. The Morgan fingerprint density at radius 3 is 2.45 bits per heavy atom. The number of hydrogen-bond acceptors (Lipinski definition) is 2. The van der Waals surface area contributed by atoms with E-state index in [9.17, 15) is 10.2 Å². The van der Waals surface area contributed by atoms with Gasteiger partial charge in [-0.1, -0.05) is 19.8 Å².